The topological polar surface area (TPSA) is 57.5 Å². The van der Waals surface area contributed by atoms with Crippen molar-refractivity contribution in [3.8, 4) is 0 Å². The Hall–Kier alpha value is -1.09. The highest BCUT2D eigenvalue weighted by molar-refractivity contribution is 5.67. The molecule has 0 aromatic carbocycles. The van der Waals surface area contributed by atoms with Crippen molar-refractivity contribution in [1.82, 2.24) is 0 Å². The number of aliphatic carboxylic acids is 1. The number of aliphatic hydroxyl groups is 1. The summed E-state index contributed by atoms with van der Waals surface area (Å²) < 4.78 is 0. The maximum atomic E-state index is 10.1. The lowest BCUT2D eigenvalue weighted by molar-refractivity contribution is -0.138. The molecule has 1 unspecified atom stereocenters. The zero-order chi connectivity index (χ0) is 9.40. The molecule has 0 saturated heterocycles. The van der Waals surface area contributed by atoms with Gasteiger partial charge in [0.1, 0.15) is 0 Å². The second kappa shape index (κ2) is 6.61. The van der Waals surface area contributed by atoms with Gasteiger partial charge >= 0.3 is 5.97 Å². The van der Waals surface area contributed by atoms with Crippen LogP contribution >= 0.6 is 0 Å². The molecule has 0 fully saturated rings. The molecular formula is C9H14O3. The molecule has 0 aromatic rings. The number of hydrogen-bond donors (Lipinski definition) is 2. The summed E-state index contributed by atoms with van der Waals surface area (Å²) in [5, 5.41) is 17.3. The number of carbonyl (C=O) groups is 1. The number of carboxylic acids is 1. The van der Waals surface area contributed by atoms with Gasteiger partial charge in [0, 0.05) is 0 Å². The average Bonchev–Trinajstić information content (AvgIpc) is 1.97. The van der Waals surface area contributed by atoms with Gasteiger partial charge in [-0.05, 0) is 6.42 Å². The van der Waals surface area contributed by atoms with Crippen LogP contribution in [-0.4, -0.2) is 22.3 Å². The van der Waals surface area contributed by atoms with Crippen molar-refractivity contribution in [3.63, 3.8) is 0 Å². The fourth-order valence-electron chi connectivity index (χ4n) is 0.654. The van der Waals surface area contributed by atoms with Crippen LogP contribution in [0.4, 0.5) is 0 Å². The van der Waals surface area contributed by atoms with Crippen LogP contribution in [0.5, 0.6) is 0 Å². The van der Waals surface area contributed by atoms with Gasteiger partial charge in [0.25, 0.3) is 0 Å². The van der Waals surface area contributed by atoms with Crippen molar-refractivity contribution in [2.45, 2.75) is 25.9 Å². The summed E-state index contributed by atoms with van der Waals surface area (Å²) in [6, 6.07) is 0. The van der Waals surface area contributed by atoms with Gasteiger partial charge in [-0.15, -0.1) is 0 Å². The molecular weight excluding hydrogens is 156 g/mol. The van der Waals surface area contributed by atoms with Crippen molar-refractivity contribution < 1.29 is 15.0 Å². The number of allylic oxidation sites excluding steroid dienone is 3. The highest BCUT2D eigenvalue weighted by Crippen LogP contribution is 1.93. The van der Waals surface area contributed by atoms with E-state index < -0.39 is 12.1 Å². The summed E-state index contributed by atoms with van der Waals surface area (Å²) in [5.74, 6) is -0.994. The molecule has 0 spiro atoms. The monoisotopic (exact) mass is 170 g/mol. The van der Waals surface area contributed by atoms with Gasteiger partial charge in [-0.3, -0.25) is 4.79 Å². The third-order valence-electron chi connectivity index (χ3n) is 1.20. The summed E-state index contributed by atoms with van der Waals surface area (Å²) >= 11 is 0. The maximum Gasteiger partial charge on any atom is 0.306 e. The molecule has 0 heterocycles. The number of aliphatic hydroxyl groups excluding tert-OH is 1. The summed E-state index contributed by atoms with van der Waals surface area (Å²) in [5.41, 5.74) is 0. The van der Waals surface area contributed by atoms with Crippen LogP contribution in [0.2, 0.25) is 0 Å². The first kappa shape index (κ1) is 10.9. The van der Waals surface area contributed by atoms with Crippen LogP contribution in [0, 0.1) is 0 Å². The normalized spacial score (nSPS) is 14.2. The minimum absolute atomic E-state index is 0.240. The second-order valence-corrected chi connectivity index (χ2v) is 2.39. The van der Waals surface area contributed by atoms with Crippen molar-refractivity contribution in [2.24, 2.45) is 0 Å². The molecule has 0 bridgehead atoms. The smallest absolute Gasteiger partial charge is 0.306 e. The standard InChI is InChI=1S/C9H14O3/c1-2-3-4-5-6-8(10)7-9(11)12/h3-6,8,10H,2,7H2,1H3,(H,11,12)/b4-3+,6-5+. The molecule has 0 aliphatic heterocycles. The predicted molar refractivity (Wildman–Crippen MR) is 46.8 cm³/mol. The van der Waals surface area contributed by atoms with Crippen LogP contribution in [0.1, 0.15) is 19.8 Å². The second-order valence-electron chi connectivity index (χ2n) is 2.39. The van der Waals surface area contributed by atoms with Crippen molar-refractivity contribution in [2.75, 3.05) is 0 Å². The molecule has 2 N–H and O–H groups in total. The Morgan fingerprint density at radius 1 is 1.50 bits per heavy atom. The molecule has 0 aliphatic rings. The SMILES string of the molecule is CC/C=C/C=C/C(O)CC(=O)O. The van der Waals surface area contributed by atoms with Crippen molar-refractivity contribution >= 4 is 5.97 Å². The fourth-order valence-corrected chi connectivity index (χ4v) is 0.654. The van der Waals surface area contributed by atoms with Crippen LogP contribution < -0.4 is 0 Å². The number of hydrogen-bond acceptors (Lipinski definition) is 2. The van der Waals surface area contributed by atoms with E-state index in [4.69, 9.17) is 10.2 Å². The molecule has 0 aromatic heterocycles. The first-order valence-corrected chi connectivity index (χ1v) is 3.90. The van der Waals surface area contributed by atoms with E-state index in [1.165, 1.54) is 6.08 Å². The first-order valence-electron chi connectivity index (χ1n) is 3.90. The Kier molecular flexibility index (Phi) is 6.01. The lowest BCUT2D eigenvalue weighted by Crippen LogP contribution is -2.09. The van der Waals surface area contributed by atoms with Gasteiger partial charge in [0.15, 0.2) is 0 Å². The Labute approximate surface area is 72.0 Å². The van der Waals surface area contributed by atoms with E-state index >= 15 is 0 Å². The molecule has 0 saturated carbocycles. The van der Waals surface area contributed by atoms with E-state index in [0.717, 1.165) is 6.42 Å². The molecule has 12 heavy (non-hydrogen) atoms. The van der Waals surface area contributed by atoms with Gasteiger partial charge < -0.3 is 10.2 Å². The summed E-state index contributed by atoms with van der Waals surface area (Å²) in [7, 11) is 0. The molecule has 3 nitrogen and oxygen atoms in total. The summed E-state index contributed by atoms with van der Waals surface area (Å²) in [4.78, 5) is 10.1. The summed E-state index contributed by atoms with van der Waals surface area (Å²) in [6.45, 7) is 2.00. The molecule has 0 radical (unpaired) electrons. The van der Waals surface area contributed by atoms with Gasteiger partial charge in [-0.1, -0.05) is 31.2 Å². The first-order chi connectivity index (χ1) is 5.66. The average molecular weight is 170 g/mol. The quantitative estimate of drug-likeness (QED) is 0.612. The maximum absolute atomic E-state index is 10.1. The van der Waals surface area contributed by atoms with E-state index in [-0.39, 0.29) is 6.42 Å². The van der Waals surface area contributed by atoms with Gasteiger partial charge in [-0.25, -0.2) is 0 Å². The highest BCUT2D eigenvalue weighted by atomic mass is 16.4. The van der Waals surface area contributed by atoms with E-state index in [0.29, 0.717) is 0 Å². The van der Waals surface area contributed by atoms with Gasteiger partial charge in [-0.2, -0.15) is 0 Å². The van der Waals surface area contributed by atoms with Crippen LogP contribution in [0.25, 0.3) is 0 Å². The molecule has 3 heteroatoms. The fraction of sp³-hybridized carbons (Fsp3) is 0.444. The minimum Gasteiger partial charge on any atom is -0.481 e. The van der Waals surface area contributed by atoms with E-state index in [2.05, 4.69) is 0 Å². The van der Waals surface area contributed by atoms with Crippen LogP contribution in [-0.2, 0) is 4.79 Å². The lowest BCUT2D eigenvalue weighted by atomic mass is 10.2. The van der Waals surface area contributed by atoms with Crippen molar-refractivity contribution in [3.05, 3.63) is 24.3 Å². The zero-order valence-electron chi connectivity index (χ0n) is 7.10. The highest BCUT2D eigenvalue weighted by Gasteiger charge is 2.03. The number of carboxylic acid groups (broad SMARTS) is 1. The molecule has 0 aliphatic carbocycles. The third-order valence-corrected chi connectivity index (χ3v) is 1.20. The Balaban J connectivity index is 3.67. The largest absolute Gasteiger partial charge is 0.481 e. The third kappa shape index (κ3) is 7.02. The minimum atomic E-state index is -0.994. The van der Waals surface area contributed by atoms with Gasteiger partial charge in [0.2, 0.25) is 0 Å². The molecule has 0 rings (SSSR count). The van der Waals surface area contributed by atoms with Crippen LogP contribution in [0.15, 0.2) is 24.3 Å². The molecule has 0 amide bonds. The molecule has 68 valence electrons. The number of rotatable bonds is 5. The summed E-state index contributed by atoms with van der Waals surface area (Å²) in [6.07, 6.45) is 6.62. The van der Waals surface area contributed by atoms with Crippen molar-refractivity contribution in [1.29, 1.82) is 0 Å². The predicted octanol–water partition coefficient (Wildman–Crippen LogP) is 1.34. The van der Waals surface area contributed by atoms with E-state index in [9.17, 15) is 4.79 Å². The lowest BCUT2D eigenvalue weighted by Gasteiger charge is -1.98. The zero-order valence-corrected chi connectivity index (χ0v) is 7.10. The Morgan fingerprint density at radius 2 is 2.17 bits per heavy atom. The van der Waals surface area contributed by atoms with Gasteiger partial charge in [0.05, 0.1) is 12.5 Å². The Bertz CT molecular complexity index is 182. The molecule has 1 atom stereocenters. The Morgan fingerprint density at radius 3 is 2.67 bits per heavy atom. The van der Waals surface area contributed by atoms with E-state index in [1.54, 1.807) is 12.2 Å². The van der Waals surface area contributed by atoms with Crippen LogP contribution in [0.3, 0.4) is 0 Å². The van der Waals surface area contributed by atoms with E-state index in [1.807, 2.05) is 13.0 Å².